The molecule has 7 heteroatoms. The largest absolute Gasteiger partial charge is 0.334 e. The van der Waals surface area contributed by atoms with E-state index in [-0.39, 0.29) is 16.8 Å². The van der Waals surface area contributed by atoms with Crippen LogP contribution in [0, 0.1) is 0 Å². The van der Waals surface area contributed by atoms with E-state index in [0.717, 1.165) is 25.6 Å². The molecular weight excluding hydrogens is 314 g/mol. The number of carbonyl (C=O) groups excluding carboxylic acids is 1. The molecule has 1 aromatic heterocycles. The van der Waals surface area contributed by atoms with Crippen LogP contribution in [0.2, 0.25) is 0 Å². The Bertz CT molecular complexity index is 782. The third-order valence-corrected chi connectivity index (χ3v) is 5.25. The van der Waals surface area contributed by atoms with Crippen molar-refractivity contribution in [1.29, 1.82) is 0 Å². The lowest BCUT2D eigenvalue weighted by molar-refractivity contribution is 0.0721. The monoisotopic (exact) mass is 333 g/mol. The maximum atomic E-state index is 12.7. The van der Waals surface area contributed by atoms with Crippen LogP contribution in [-0.4, -0.2) is 47.8 Å². The highest BCUT2D eigenvalue weighted by Crippen LogP contribution is 2.22. The van der Waals surface area contributed by atoms with Gasteiger partial charge in [0, 0.05) is 30.8 Å². The van der Waals surface area contributed by atoms with Crippen LogP contribution in [0.25, 0.3) is 0 Å². The maximum absolute atomic E-state index is 12.7. The minimum absolute atomic E-state index is 0.0558. The van der Waals surface area contributed by atoms with Gasteiger partial charge in [-0.15, -0.1) is 0 Å². The Morgan fingerprint density at radius 1 is 1.30 bits per heavy atom. The molecule has 23 heavy (non-hydrogen) atoms. The molecule has 122 valence electrons. The number of amides is 1. The Hall–Kier alpha value is -2.15. The fourth-order valence-electron chi connectivity index (χ4n) is 2.93. The van der Waals surface area contributed by atoms with E-state index in [9.17, 15) is 13.2 Å². The number of aromatic nitrogens is 2. The molecule has 1 aliphatic heterocycles. The molecule has 0 saturated carbocycles. The van der Waals surface area contributed by atoms with E-state index < -0.39 is 9.84 Å². The summed E-state index contributed by atoms with van der Waals surface area (Å²) in [6.45, 7) is 1.40. The molecule has 0 N–H and O–H groups in total. The van der Waals surface area contributed by atoms with E-state index in [1.54, 1.807) is 18.3 Å². The molecule has 3 rings (SSSR count). The van der Waals surface area contributed by atoms with Crippen molar-refractivity contribution in [2.75, 3.05) is 12.8 Å². The SMILES string of the molecule is CS(=O)(=O)c1ccc(C(=O)N2CCC[C@H]2Cn2cccn2)cc1. The standard InChI is InChI=1S/C16H19N3O3S/c1-23(21,22)15-7-5-13(6-8-15)16(20)19-11-2-4-14(19)12-18-10-3-9-17-18/h3,5-10,14H,2,4,11-12H2,1H3/t14-/m0/s1. The van der Waals surface area contributed by atoms with Gasteiger partial charge < -0.3 is 4.90 Å². The van der Waals surface area contributed by atoms with Gasteiger partial charge in [-0.25, -0.2) is 8.42 Å². The lowest BCUT2D eigenvalue weighted by atomic mass is 10.1. The number of nitrogens with zero attached hydrogens (tertiary/aromatic N) is 3. The summed E-state index contributed by atoms with van der Waals surface area (Å²) >= 11 is 0. The Balaban J connectivity index is 1.76. The van der Waals surface area contributed by atoms with Gasteiger partial charge in [0.25, 0.3) is 5.91 Å². The summed E-state index contributed by atoms with van der Waals surface area (Å²) in [6.07, 6.45) is 6.70. The lowest BCUT2D eigenvalue weighted by Gasteiger charge is -2.25. The number of rotatable bonds is 4. The van der Waals surface area contributed by atoms with Crippen molar-refractivity contribution in [1.82, 2.24) is 14.7 Å². The summed E-state index contributed by atoms with van der Waals surface area (Å²) in [5.41, 5.74) is 0.518. The first kappa shape index (κ1) is 15.7. The molecule has 0 unspecified atom stereocenters. The highest BCUT2D eigenvalue weighted by molar-refractivity contribution is 7.90. The number of hydrogen-bond acceptors (Lipinski definition) is 4. The van der Waals surface area contributed by atoms with Gasteiger partial charge >= 0.3 is 0 Å². The summed E-state index contributed by atoms with van der Waals surface area (Å²) in [7, 11) is -3.25. The fourth-order valence-corrected chi connectivity index (χ4v) is 3.56. The van der Waals surface area contributed by atoms with Crippen molar-refractivity contribution in [2.45, 2.75) is 30.3 Å². The molecule has 2 heterocycles. The third kappa shape index (κ3) is 3.44. The molecule has 1 aromatic carbocycles. The van der Waals surface area contributed by atoms with E-state index in [2.05, 4.69) is 5.10 Å². The number of hydrogen-bond donors (Lipinski definition) is 0. The highest BCUT2D eigenvalue weighted by atomic mass is 32.2. The normalized spacial score (nSPS) is 18.3. The minimum Gasteiger partial charge on any atom is -0.334 e. The number of carbonyl (C=O) groups is 1. The quantitative estimate of drug-likeness (QED) is 0.852. The van der Waals surface area contributed by atoms with Crippen molar-refractivity contribution in [3.8, 4) is 0 Å². The van der Waals surface area contributed by atoms with Crippen molar-refractivity contribution in [3.63, 3.8) is 0 Å². The Kier molecular flexibility index (Phi) is 4.21. The first-order valence-corrected chi connectivity index (χ1v) is 9.43. The summed E-state index contributed by atoms with van der Waals surface area (Å²) < 4.78 is 24.8. The molecule has 1 atom stereocenters. The van der Waals surface area contributed by atoms with Crippen molar-refractivity contribution >= 4 is 15.7 Å². The predicted molar refractivity (Wildman–Crippen MR) is 85.8 cm³/mol. The van der Waals surface area contributed by atoms with Crippen LogP contribution < -0.4 is 0 Å². The van der Waals surface area contributed by atoms with Crippen LogP contribution in [0.1, 0.15) is 23.2 Å². The molecule has 1 saturated heterocycles. The van der Waals surface area contributed by atoms with Gasteiger partial charge in [0.2, 0.25) is 0 Å². The second kappa shape index (κ2) is 6.16. The number of benzene rings is 1. The number of likely N-dealkylation sites (tertiary alicyclic amines) is 1. The summed E-state index contributed by atoms with van der Waals surface area (Å²) in [5.74, 6) is -0.0558. The van der Waals surface area contributed by atoms with Gasteiger partial charge in [0.1, 0.15) is 0 Å². The van der Waals surface area contributed by atoms with E-state index in [0.29, 0.717) is 12.1 Å². The average Bonchev–Trinajstić information content (AvgIpc) is 3.18. The van der Waals surface area contributed by atoms with Gasteiger partial charge in [-0.1, -0.05) is 0 Å². The molecule has 0 spiro atoms. The molecule has 0 radical (unpaired) electrons. The first-order chi connectivity index (χ1) is 10.9. The first-order valence-electron chi connectivity index (χ1n) is 7.54. The second-order valence-corrected chi connectivity index (χ2v) is 7.83. The van der Waals surface area contributed by atoms with Crippen LogP contribution in [0.3, 0.4) is 0 Å². The summed E-state index contributed by atoms with van der Waals surface area (Å²) in [5, 5.41) is 4.20. The zero-order valence-corrected chi connectivity index (χ0v) is 13.7. The Morgan fingerprint density at radius 3 is 2.65 bits per heavy atom. The average molecular weight is 333 g/mol. The minimum atomic E-state index is -3.25. The third-order valence-electron chi connectivity index (χ3n) is 4.12. The Morgan fingerprint density at radius 2 is 2.04 bits per heavy atom. The Labute approximate surface area is 135 Å². The molecule has 1 aliphatic rings. The van der Waals surface area contributed by atoms with Crippen LogP contribution >= 0.6 is 0 Å². The number of sulfone groups is 1. The lowest BCUT2D eigenvalue weighted by Crippen LogP contribution is -2.38. The van der Waals surface area contributed by atoms with E-state index in [1.165, 1.54) is 12.1 Å². The van der Waals surface area contributed by atoms with Crippen LogP contribution in [0.4, 0.5) is 0 Å². The molecule has 1 amide bonds. The van der Waals surface area contributed by atoms with Gasteiger partial charge in [-0.3, -0.25) is 9.48 Å². The topological polar surface area (TPSA) is 72.3 Å². The molecule has 6 nitrogen and oxygen atoms in total. The van der Waals surface area contributed by atoms with E-state index in [4.69, 9.17) is 0 Å². The molecular formula is C16H19N3O3S. The van der Waals surface area contributed by atoms with Gasteiger partial charge in [0.15, 0.2) is 9.84 Å². The summed E-state index contributed by atoms with van der Waals surface area (Å²) in [6, 6.07) is 8.13. The van der Waals surface area contributed by atoms with Crippen molar-refractivity contribution in [2.24, 2.45) is 0 Å². The molecule has 0 aliphatic carbocycles. The summed E-state index contributed by atoms with van der Waals surface area (Å²) in [4.78, 5) is 14.8. The zero-order valence-electron chi connectivity index (χ0n) is 12.9. The predicted octanol–water partition coefficient (Wildman–Crippen LogP) is 1.59. The van der Waals surface area contributed by atoms with E-state index >= 15 is 0 Å². The maximum Gasteiger partial charge on any atom is 0.254 e. The van der Waals surface area contributed by atoms with Crippen molar-refractivity contribution < 1.29 is 13.2 Å². The molecule has 0 bridgehead atoms. The highest BCUT2D eigenvalue weighted by Gasteiger charge is 2.29. The fraction of sp³-hybridized carbons (Fsp3) is 0.375. The second-order valence-electron chi connectivity index (χ2n) is 5.82. The smallest absolute Gasteiger partial charge is 0.254 e. The van der Waals surface area contributed by atoms with Crippen LogP contribution in [0.15, 0.2) is 47.6 Å². The zero-order chi connectivity index (χ0) is 16.4. The molecule has 1 fully saturated rings. The van der Waals surface area contributed by atoms with Crippen LogP contribution in [-0.2, 0) is 16.4 Å². The van der Waals surface area contributed by atoms with Gasteiger partial charge in [-0.05, 0) is 43.2 Å². The van der Waals surface area contributed by atoms with E-state index in [1.807, 2.05) is 21.8 Å². The van der Waals surface area contributed by atoms with Crippen molar-refractivity contribution in [3.05, 3.63) is 48.3 Å². The van der Waals surface area contributed by atoms with Crippen LogP contribution in [0.5, 0.6) is 0 Å². The molecule has 2 aromatic rings. The van der Waals surface area contributed by atoms with Gasteiger partial charge in [0.05, 0.1) is 17.5 Å². The van der Waals surface area contributed by atoms with Gasteiger partial charge in [-0.2, -0.15) is 5.10 Å².